The summed E-state index contributed by atoms with van der Waals surface area (Å²) >= 11 is 0. The Morgan fingerprint density at radius 1 is 1.10 bits per heavy atom. The van der Waals surface area contributed by atoms with Crippen molar-refractivity contribution in [1.82, 2.24) is 5.32 Å². The van der Waals surface area contributed by atoms with Crippen LogP contribution >= 0.6 is 0 Å². The van der Waals surface area contributed by atoms with Crippen molar-refractivity contribution in [2.45, 2.75) is 65.7 Å². The van der Waals surface area contributed by atoms with E-state index in [1.54, 1.807) is 5.56 Å². The van der Waals surface area contributed by atoms with E-state index < -0.39 is 0 Å². The topological polar surface area (TPSA) is 12.0 Å². The molecule has 2 unspecified atom stereocenters. The molecule has 0 aliphatic heterocycles. The third-order valence-corrected chi connectivity index (χ3v) is 4.94. The van der Waals surface area contributed by atoms with Crippen LogP contribution in [0.3, 0.4) is 0 Å². The first-order chi connectivity index (χ1) is 10.1. The van der Waals surface area contributed by atoms with Crippen molar-refractivity contribution >= 4 is 0 Å². The first-order valence-corrected chi connectivity index (χ1v) is 8.85. The predicted molar refractivity (Wildman–Crippen MR) is 92.9 cm³/mol. The Balaban J connectivity index is 2.11. The molecule has 1 saturated carbocycles. The summed E-state index contributed by atoms with van der Waals surface area (Å²) in [6.45, 7) is 11.4. The lowest BCUT2D eigenvalue weighted by atomic mass is 9.80. The van der Waals surface area contributed by atoms with Gasteiger partial charge < -0.3 is 5.32 Å². The lowest BCUT2D eigenvalue weighted by Gasteiger charge is -2.28. The summed E-state index contributed by atoms with van der Waals surface area (Å²) in [5, 5.41) is 3.71. The second kappa shape index (κ2) is 7.98. The average Bonchev–Trinajstić information content (AvgIpc) is 2.64. The zero-order chi connectivity index (χ0) is 15.2. The van der Waals surface area contributed by atoms with E-state index in [1.165, 1.54) is 49.8 Å². The summed E-state index contributed by atoms with van der Waals surface area (Å²) in [5.74, 6) is 2.32. The van der Waals surface area contributed by atoms with Crippen LogP contribution in [0.25, 0.3) is 0 Å². The molecule has 0 bridgehead atoms. The molecule has 1 aromatic carbocycles. The minimum atomic E-state index is 0.746. The van der Waals surface area contributed by atoms with Crippen molar-refractivity contribution in [2.24, 2.45) is 11.8 Å². The van der Waals surface area contributed by atoms with Crippen LogP contribution in [0.5, 0.6) is 0 Å². The highest BCUT2D eigenvalue weighted by molar-refractivity contribution is 5.33. The standard InChI is InChI=1S/C20H33N/c1-15(2)13-21-14-18-8-6-5-7-9-20(18)19-11-10-16(3)12-17(19)4/h10-12,15,18,20-21H,5-9,13-14H2,1-4H3. The van der Waals surface area contributed by atoms with E-state index in [9.17, 15) is 0 Å². The van der Waals surface area contributed by atoms with Crippen LogP contribution in [-0.4, -0.2) is 13.1 Å². The van der Waals surface area contributed by atoms with Crippen molar-refractivity contribution in [3.63, 3.8) is 0 Å². The highest BCUT2D eigenvalue weighted by Crippen LogP contribution is 2.37. The summed E-state index contributed by atoms with van der Waals surface area (Å²) in [6, 6.07) is 7.06. The molecule has 1 aliphatic carbocycles. The number of rotatable bonds is 5. The summed E-state index contributed by atoms with van der Waals surface area (Å²) in [6.07, 6.45) is 7.00. The number of benzene rings is 1. The van der Waals surface area contributed by atoms with Crippen LogP contribution in [0.2, 0.25) is 0 Å². The Kier molecular flexibility index (Phi) is 6.29. The number of nitrogens with one attached hydrogen (secondary N) is 1. The van der Waals surface area contributed by atoms with Crippen LogP contribution in [0.4, 0.5) is 0 Å². The molecule has 1 aromatic rings. The molecule has 1 heteroatoms. The molecule has 0 saturated heterocycles. The number of hydrogen-bond acceptors (Lipinski definition) is 1. The smallest absolute Gasteiger partial charge is 0.00146 e. The number of hydrogen-bond donors (Lipinski definition) is 1. The van der Waals surface area contributed by atoms with Gasteiger partial charge in [-0.05, 0) is 68.7 Å². The second-order valence-electron chi connectivity index (χ2n) is 7.42. The molecular weight excluding hydrogens is 254 g/mol. The van der Waals surface area contributed by atoms with Crippen molar-refractivity contribution in [3.8, 4) is 0 Å². The largest absolute Gasteiger partial charge is 0.316 e. The minimum Gasteiger partial charge on any atom is -0.316 e. The molecular formula is C20H33N. The van der Waals surface area contributed by atoms with Gasteiger partial charge in [-0.15, -0.1) is 0 Å². The maximum atomic E-state index is 3.71. The first kappa shape index (κ1) is 16.5. The number of aryl methyl sites for hydroxylation is 2. The van der Waals surface area contributed by atoms with E-state index in [2.05, 4.69) is 51.2 Å². The maximum Gasteiger partial charge on any atom is -0.00146 e. The van der Waals surface area contributed by atoms with Crippen LogP contribution in [0.15, 0.2) is 18.2 Å². The fraction of sp³-hybridized carbons (Fsp3) is 0.700. The van der Waals surface area contributed by atoms with Gasteiger partial charge in [0.2, 0.25) is 0 Å². The lowest BCUT2D eigenvalue weighted by Crippen LogP contribution is -2.29. The van der Waals surface area contributed by atoms with E-state index in [4.69, 9.17) is 0 Å². The predicted octanol–water partition coefficient (Wildman–Crippen LogP) is 5.21. The molecule has 2 atom stereocenters. The fourth-order valence-corrected chi connectivity index (χ4v) is 3.84. The molecule has 1 nitrogen and oxygen atoms in total. The lowest BCUT2D eigenvalue weighted by molar-refractivity contribution is 0.365. The summed E-state index contributed by atoms with van der Waals surface area (Å²) in [4.78, 5) is 0. The highest BCUT2D eigenvalue weighted by atomic mass is 14.9. The molecule has 0 amide bonds. The molecule has 0 radical (unpaired) electrons. The molecule has 21 heavy (non-hydrogen) atoms. The van der Waals surface area contributed by atoms with E-state index in [1.807, 2.05) is 0 Å². The van der Waals surface area contributed by atoms with Gasteiger partial charge in [0.25, 0.3) is 0 Å². The summed E-state index contributed by atoms with van der Waals surface area (Å²) in [7, 11) is 0. The molecule has 0 aromatic heterocycles. The fourth-order valence-electron chi connectivity index (χ4n) is 3.84. The third-order valence-electron chi connectivity index (χ3n) is 4.94. The molecule has 0 spiro atoms. The third kappa shape index (κ3) is 4.85. The Hall–Kier alpha value is -0.820. The Labute approximate surface area is 131 Å². The Morgan fingerprint density at radius 2 is 1.86 bits per heavy atom. The van der Waals surface area contributed by atoms with E-state index in [0.29, 0.717) is 0 Å². The van der Waals surface area contributed by atoms with E-state index in [-0.39, 0.29) is 0 Å². The van der Waals surface area contributed by atoms with Gasteiger partial charge in [-0.1, -0.05) is 56.9 Å². The van der Waals surface area contributed by atoms with Gasteiger partial charge in [0.15, 0.2) is 0 Å². The van der Waals surface area contributed by atoms with E-state index >= 15 is 0 Å². The summed E-state index contributed by atoms with van der Waals surface area (Å²) < 4.78 is 0. The van der Waals surface area contributed by atoms with Gasteiger partial charge in [0, 0.05) is 0 Å². The quantitative estimate of drug-likeness (QED) is 0.733. The Bertz CT molecular complexity index is 435. The van der Waals surface area contributed by atoms with Crippen molar-refractivity contribution in [1.29, 1.82) is 0 Å². The van der Waals surface area contributed by atoms with Gasteiger partial charge in [-0.25, -0.2) is 0 Å². The van der Waals surface area contributed by atoms with Crippen LogP contribution in [-0.2, 0) is 0 Å². The zero-order valence-electron chi connectivity index (χ0n) is 14.4. The first-order valence-electron chi connectivity index (χ1n) is 8.85. The van der Waals surface area contributed by atoms with E-state index in [0.717, 1.165) is 24.3 Å². The molecule has 118 valence electrons. The monoisotopic (exact) mass is 287 g/mol. The normalized spacial score (nSPS) is 23.3. The maximum absolute atomic E-state index is 3.71. The van der Waals surface area contributed by atoms with Gasteiger partial charge >= 0.3 is 0 Å². The molecule has 2 rings (SSSR count). The Morgan fingerprint density at radius 3 is 2.57 bits per heavy atom. The van der Waals surface area contributed by atoms with Crippen molar-refractivity contribution < 1.29 is 0 Å². The molecule has 1 N–H and O–H groups in total. The SMILES string of the molecule is Cc1ccc(C2CCCCCC2CNCC(C)C)c(C)c1. The average molecular weight is 287 g/mol. The van der Waals surface area contributed by atoms with Crippen LogP contribution < -0.4 is 5.32 Å². The molecule has 1 fully saturated rings. The second-order valence-corrected chi connectivity index (χ2v) is 7.42. The van der Waals surface area contributed by atoms with Crippen molar-refractivity contribution in [3.05, 3.63) is 34.9 Å². The van der Waals surface area contributed by atoms with Gasteiger partial charge in [0.05, 0.1) is 0 Å². The van der Waals surface area contributed by atoms with Crippen LogP contribution in [0, 0.1) is 25.7 Å². The van der Waals surface area contributed by atoms with Crippen molar-refractivity contribution in [2.75, 3.05) is 13.1 Å². The molecule has 0 heterocycles. The molecule has 1 aliphatic rings. The summed E-state index contributed by atoms with van der Waals surface area (Å²) in [5.41, 5.74) is 4.49. The van der Waals surface area contributed by atoms with Crippen LogP contribution in [0.1, 0.15) is 68.6 Å². The zero-order valence-corrected chi connectivity index (χ0v) is 14.4. The van der Waals surface area contributed by atoms with Gasteiger partial charge in [-0.3, -0.25) is 0 Å². The van der Waals surface area contributed by atoms with Gasteiger partial charge in [0.1, 0.15) is 0 Å². The highest BCUT2D eigenvalue weighted by Gasteiger charge is 2.25. The minimum absolute atomic E-state index is 0.746. The van der Waals surface area contributed by atoms with Gasteiger partial charge in [-0.2, -0.15) is 0 Å².